The number of aromatic nitrogens is 6. The molecule has 0 unspecified atom stereocenters. The number of nitrogens with one attached hydrogen (secondary N) is 3. The lowest BCUT2D eigenvalue weighted by atomic mass is 10.0. The van der Waals surface area contributed by atoms with Crippen molar-refractivity contribution in [3.8, 4) is 33.1 Å². The van der Waals surface area contributed by atoms with E-state index in [4.69, 9.17) is 0 Å². The van der Waals surface area contributed by atoms with E-state index in [0.29, 0.717) is 55.3 Å². The van der Waals surface area contributed by atoms with Crippen LogP contribution in [0.1, 0.15) is 30.4 Å². The first kappa shape index (κ1) is 24.6. The quantitative estimate of drug-likeness (QED) is 0.215. The Hall–Kier alpha value is -4.77. The van der Waals surface area contributed by atoms with Gasteiger partial charge < -0.3 is 10.3 Å². The van der Waals surface area contributed by atoms with Crippen molar-refractivity contribution in [2.24, 2.45) is 5.92 Å². The number of carbonyl (C=O) groups is 2. The minimum atomic E-state index is -0.459. The summed E-state index contributed by atoms with van der Waals surface area (Å²) in [6.07, 6.45) is 4.74. The number of ketones is 1. The van der Waals surface area contributed by atoms with Crippen LogP contribution >= 0.6 is 11.3 Å². The van der Waals surface area contributed by atoms with E-state index in [1.807, 2.05) is 12.1 Å². The Labute approximate surface area is 225 Å². The molecule has 0 saturated carbocycles. The van der Waals surface area contributed by atoms with Crippen molar-refractivity contribution in [3.05, 3.63) is 65.7 Å². The zero-order valence-electron chi connectivity index (χ0n) is 21.2. The Morgan fingerprint density at radius 1 is 1.08 bits per heavy atom. The van der Waals surface area contributed by atoms with Crippen molar-refractivity contribution < 1.29 is 14.0 Å². The lowest BCUT2D eigenvalue weighted by Crippen LogP contribution is -2.17. The highest BCUT2D eigenvalue weighted by molar-refractivity contribution is 7.17. The van der Waals surface area contributed by atoms with E-state index in [1.165, 1.54) is 23.6 Å². The van der Waals surface area contributed by atoms with E-state index in [9.17, 15) is 9.59 Å². The summed E-state index contributed by atoms with van der Waals surface area (Å²) in [5.74, 6) is -0.339. The molecule has 6 aromatic rings. The van der Waals surface area contributed by atoms with Crippen LogP contribution in [0.5, 0.6) is 0 Å². The number of benzene rings is 1. The number of fused-ring (bicyclic) bond motifs is 2. The number of hydrogen-bond donors (Lipinski definition) is 3. The topological polar surface area (TPSA) is 129 Å². The van der Waals surface area contributed by atoms with E-state index in [-0.39, 0.29) is 17.6 Å². The van der Waals surface area contributed by atoms with Gasteiger partial charge in [0.05, 0.1) is 27.8 Å². The van der Waals surface area contributed by atoms with Crippen molar-refractivity contribution in [2.45, 2.75) is 20.8 Å². The number of halogens is 1. The molecule has 0 radical (unpaired) electrons. The lowest BCUT2D eigenvalue weighted by Gasteiger charge is -2.09. The second-order valence-corrected chi connectivity index (χ2v) is 10.5. The van der Waals surface area contributed by atoms with Crippen LogP contribution in [-0.2, 0) is 4.79 Å². The summed E-state index contributed by atoms with van der Waals surface area (Å²) in [6.45, 7) is 5.13. The number of Topliss-reactive ketones (excluding diaryl/α,β-unsaturated/α-hetero) is 1. The third-order valence-corrected chi connectivity index (χ3v) is 7.55. The Kier molecular flexibility index (Phi) is 5.99. The summed E-state index contributed by atoms with van der Waals surface area (Å²) in [5.41, 5.74) is 4.38. The van der Waals surface area contributed by atoms with Crippen LogP contribution in [-0.4, -0.2) is 41.8 Å². The summed E-state index contributed by atoms with van der Waals surface area (Å²) >= 11 is 1.40. The molecule has 194 valence electrons. The second kappa shape index (κ2) is 9.52. The van der Waals surface area contributed by atoms with Gasteiger partial charge in [0.25, 0.3) is 0 Å². The average molecular weight is 540 g/mol. The van der Waals surface area contributed by atoms with Gasteiger partial charge in [0.2, 0.25) is 5.91 Å². The SMILES string of the molecule is CC(=O)c1ccc(-c2ccnc3nc(-c4n[nH]c5cc(F)c(-c6cncc(NC(=O)C(C)C)c6)cc45)[nH]c23)s1. The third-order valence-electron chi connectivity index (χ3n) is 6.33. The number of carbonyl (C=O) groups excluding carboxylic acids is 2. The first-order valence-corrected chi connectivity index (χ1v) is 13.0. The smallest absolute Gasteiger partial charge is 0.226 e. The van der Waals surface area contributed by atoms with Gasteiger partial charge in [-0.05, 0) is 37.3 Å². The molecule has 0 aliphatic heterocycles. The Morgan fingerprint density at radius 3 is 2.69 bits per heavy atom. The van der Waals surface area contributed by atoms with Gasteiger partial charge in [-0.15, -0.1) is 11.3 Å². The maximum absolute atomic E-state index is 15.2. The zero-order valence-corrected chi connectivity index (χ0v) is 22.0. The summed E-state index contributed by atoms with van der Waals surface area (Å²) in [4.78, 5) is 42.1. The number of anilines is 1. The fourth-order valence-corrected chi connectivity index (χ4v) is 5.22. The van der Waals surface area contributed by atoms with Crippen LogP contribution in [0.4, 0.5) is 10.1 Å². The minimum absolute atomic E-state index is 0.0101. The predicted molar refractivity (Wildman–Crippen MR) is 149 cm³/mol. The highest BCUT2D eigenvalue weighted by Gasteiger charge is 2.19. The summed E-state index contributed by atoms with van der Waals surface area (Å²) in [7, 11) is 0. The summed E-state index contributed by atoms with van der Waals surface area (Å²) in [5, 5.41) is 10.7. The Bertz CT molecular complexity index is 1900. The third kappa shape index (κ3) is 4.46. The molecule has 0 saturated heterocycles. The van der Waals surface area contributed by atoms with Crippen molar-refractivity contribution in [1.82, 2.24) is 30.1 Å². The fraction of sp³-hybridized carbons (Fsp3) is 0.143. The van der Waals surface area contributed by atoms with Crippen LogP contribution in [0.2, 0.25) is 0 Å². The summed E-state index contributed by atoms with van der Waals surface area (Å²) in [6, 6.07) is 10.3. The molecule has 3 N–H and O–H groups in total. The normalized spacial score (nSPS) is 11.5. The number of pyridine rings is 2. The van der Waals surface area contributed by atoms with Crippen LogP contribution in [0.25, 0.3) is 55.2 Å². The molecular formula is C28H22FN7O2S. The number of H-pyrrole nitrogens is 2. The van der Waals surface area contributed by atoms with Crippen molar-refractivity contribution in [2.75, 3.05) is 5.32 Å². The van der Waals surface area contributed by atoms with E-state index >= 15 is 4.39 Å². The predicted octanol–water partition coefficient (Wildman–Crippen LogP) is 6.23. The maximum atomic E-state index is 15.2. The molecule has 0 atom stereocenters. The molecule has 0 spiro atoms. The first-order chi connectivity index (χ1) is 18.8. The highest BCUT2D eigenvalue weighted by atomic mass is 32.1. The number of thiophene rings is 1. The zero-order chi connectivity index (χ0) is 27.3. The largest absolute Gasteiger partial charge is 0.335 e. The van der Waals surface area contributed by atoms with Gasteiger partial charge in [-0.2, -0.15) is 5.10 Å². The standard InChI is InChI=1S/C28H22FN7O2S/c1-13(2)28(38)32-16-8-15(11-30-12-16)18-9-19-21(10-20(18)29)35-36-25(19)27-33-24-17(6-7-31-26(24)34-27)23-5-4-22(39-23)14(3)37/h4-13H,1-3H3,(H,32,38)(H,35,36)(H,31,33,34). The van der Waals surface area contributed by atoms with Gasteiger partial charge in [0, 0.05) is 51.3 Å². The molecule has 9 nitrogen and oxygen atoms in total. The van der Waals surface area contributed by atoms with Crippen LogP contribution in [0.3, 0.4) is 0 Å². The Balaban J connectivity index is 1.43. The van der Waals surface area contributed by atoms with Gasteiger partial charge in [-0.25, -0.2) is 14.4 Å². The van der Waals surface area contributed by atoms with Crippen molar-refractivity contribution in [3.63, 3.8) is 0 Å². The van der Waals surface area contributed by atoms with Crippen LogP contribution in [0, 0.1) is 11.7 Å². The van der Waals surface area contributed by atoms with E-state index in [0.717, 1.165) is 10.4 Å². The first-order valence-electron chi connectivity index (χ1n) is 12.2. The molecule has 5 aromatic heterocycles. The van der Waals surface area contributed by atoms with Gasteiger partial charge in [-0.3, -0.25) is 19.7 Å². The second-order valence-electron chi connectivity index (χ2n) is 9.42. The number of amides is 1. The molecule has 1 aromatic carbocycles. The molecule has 0 fully saturated rings. The molecule has 0 aliphatic rings. The molecule has 0 aliphatic carbocycles. The maximum Gasteiger partial charge on any atom is 0.226 e. The van der Waals surface area contributed by atoms with Crippen LogP contribution < -0.4 is 5.32 Å². The molecule has 6 rings (SSSR count). The minimum Gasteiger partial charge on any atom is -0.335 e. The molecule has 0 bridgehead atoms. The molecule has 5 heterocycles. The Morgan fingerprint density at radius 2 is 1.92 bits per heavy atom. The average Bonchev–Trinajstić information content (AvgIpc) is 3.65. The number of aromatic amines is 2. The number of nitrogens with zero attached hydrogens (tertiary/aromatic N) is 4. The number of hydrogen-bond acceptors (Lipinski definition) is 7. The van der Waals surface area contributed by atoms with Crippen molar-refractivity contribution >= 4 is 50.8 Å². The van der Waals surface area contributed by atoms with Gasteiger partial charge in [0.15, 0.2) is 17.3 Å². The van der Waals surface area contributed by atoms with Gasteiger partial charge >= 0.3 is 0 Å². The monoisotopic (exact) mass is 539 g/mol. The molecule has 39 heavy (non-hydrogen) atoms. The van der Waals surface area contributed by atoms with Crippen LogP contribution in [0.15, 0.2) is 55.0 Å². The number of rotatable bonds is 6. The van der Waals surface area contributed by atoms with E-state index < -0.39 is 5.82 Å². The molecular weight excluding hydrogens is 517 g/mol. The van der Waals surface area contributed by atoms with Gasteiger partial charge in [-0.1, -0.05) is 13.8 Å². The molecule has 11 heteroatoms. The van der Waals surface area contributed by atoms with Gasteiger partial charge in [0.1, 0.15) is 11.5 Å². The lowest BCUT2D eigenvalue weighted by molar-refractivity contribution is -0.118. The highest BCUT2D eigenvalue weighted by Crippen LogP contribution is 2.36. The van der Waals surface area contributed by atoms with E-state index in [2.05, 4.69) is 35.5 Å². The van der Waals surface area contributed by atoms with Crippen molar-refractivity contribution in [1.29, 1.82) is 0 Å². The molecule has 1 amide bonds. The fourth-order valence-electron chi connectivity index (χ4n) is 4.28. The van der Waals surface area contributed by atoms with E-state index in [1.54, 1.807) is 51.4 Å². The summed E-state index contributed by atoms with van der Waals surface area (Å²) < 4.78 is 15.2. The number of imidazole rings is 1.